The molecule has 0 radical (unpaired) electrons. The summed E-state index contributed by atoms with van der Waals surface area (Å²) in [6, 6.07) is 0. The van der Waals surface area contributed by atoms with Gasteiger partial charge < -0.3 is 19.5 Å². The molecule has 2 saturated carbocycles. The van der Waals surface area contributed by atoms with Crippen LogP contribution in [0.15, 0.2) is 0 Å². The molecular formula is C24H41NO4. The van der Waals surface area contributed by atoms with Crippen molar-refractivity contribution in [2.24, 2.45) is 41.4 Å². The van der Waals surface area contributed by atoms with Gasteiger partial charge in [-0.2, -0.15) is 0 Å². The van der Waals surface area contributed by atoms with Crippen molar-refractivity contribution >= 4 is 5.91 Å². The molecule has 0 spiro atoms. The Kier molecular flexibility index (Phi) is 6.87. The normalized spacial score (nSPS) is 47.7. The van der Waals surface area contributed by atoms with Crippen molar-refractivity contribution < 1.29 is 19.0 Å². The molecule has 1 N–H and O–H groups in total. The first-order valence-corrected chi connectivity index (χ1v) is 12.1. The van der Waals surface area contributed by atoms with Crippen LogP contribution in [0.2, 0.25) is 0 Å². The minimum absolute atomic E-state index is 0.101. The monoisotopic (exact) mass is 407 g/mol. The van der Waals surface area contributed by atoms with Crippen LogP contribution in [-0.2, 0) is 19.0 Å². The van der Waals surface area contributed by atoms with Gasteiger partial charge in [0.15, 0.2) is 12.6 Å². The Balaban J connectivity index is 1.35. The fourth-order valence-corrected chi connectivity index (χ4v) is 6.67. The summed E-state index contributed by atoms with van der Waals surface area (Å²) in [6.07, 6.45) is 9.13. The molecule has 8 atom stereocenters. The maximum atomic E-state index is 11.9. The smallest absolute Gasteiger partial charge is 0.222 e. The fourth-order valence-electron chi connectivity index (χ4n) is 6.67. The summed E-state index contributed by atoms with van der Waals surface area (Å²) in [5.41, 5.74) is 0. The summed E-state index contributed by atoms with van der Waals surface area (Å²) in [5.74, 6) is 4.02. The van der Waals surface area contributed by atoms with Crippen molar-refractivity contribution in [2.45, 2.75) is 90.8 Å². The van der Waals surface area contributed by atoms with E-state index in [2.05, 4.69) is 26.1 Å². The molecule has 166 valence electrons. The summed E-state index contributed by atoms with van der Waals surface area (Å²) in [7, 11) is 1.74. The Morgan fingerprint density at radius 3 is 2.38 bits per heavy atom. The van der Waals surface area contributed by atoms with Gasteiger partial charge in [0.25, 0.3) is 0 Å². The van der Waals surface area contributed by atoms with Crippen molar-refractivity contribution in [1.82, 2.24) is 5.32 Å². The van der Waals surface area contributed by atoms with E-state index in [1.54, 1.807) is 7.05 Å². The molecule has 1 amide bonds. The molecule has 5 heteroatoms. The van der Waals surface area contributed by atoms with Crippen molar-refractivity contribution in [3.8, 4) is 0 Å². The van der Waals surface area contributed by atoms with E-state index in [-0.39, 0.29) is 30.5 Å². The Hall–Kier alpha value is -0.650. The van der Waals surface area contributed by atoms with Crippen LogP contribution >= 0.6 is 0 Å². The molecular weight excluding hydrogens is 366 g/mol. The average molecular weight is 408 g/mol. The van der Waals surface area contributed by atoms with Gasteiger partial charge in [0.2, 0.25) is 5.91 Å². The maximum absolute atomic E-state index is 11.9. The highest BCUT2D eigenvalue weighted by Gasteiger charge is 2.52. The first-order chi connectivity index (χ1) is 14.0. The molecule has 2 aliphatic carbocycles. The zero-order chi connectivity index (χ0) is 20.5. The van der Waals surface area contributed by atoms with E-state index >= 15 is 0 Å². The van der Waals surface area contributed by atoms with Crippen molar-refractivity contribution in [2.75, 3.05) is 13.7 Å². The number of hydrogen-bond acceptors (Lipinski definition) is 4. The van der Waals surface area contributed by atoms with Crippen LogP contribution in [-0.4, -0.2) is 38.2 Å². The maximum Gasteiger partial charge on any atom is 0.222 e. The Labute approximate surface area is 176 Å². The van der Waals surface area contributed by atoms with E-state index in [4.69, 9.17) is 14.2 Å². The van der Waals surface area contributed by atoms with Gasteiger partial charge in [-0.3, -0.25) is 4.79 Å². The minimum atomic E-state index is -0.155. The molecule has 0 aromatic rings. The van der Waals surface area contributed by atoms with Gasteiger partial charge in [-0.15, -0.1) is 0 Å². The van der Waals surface area contributed by atoms with Crippen LogP contribution < -0.4 is 5.32 Å². The average Bonchev–Trinajstić information content (AvgIpc) is 2.90. The highest BCUT2D eigenvalue weighted by atomic mass is 16.8. The number of rotatable bonds is 4. The number of amides is 1. The Morgan fingerprint density at radius 1 is 0.931 bits per heavy atom. The number of nitrogens with one attached hydrogen (secondary N) is 1. The third-order valence-electron chi connectivity index (χ3n) is 8.60. The zero-order valence-corrected chi connectivity index (χ0v) is 18.8. The summed E-state index contributed by atoms with van der Waals surface area (Å²) in [5, 5.41) is 2.79. The van der Waals surface area contributed by atoms with E-state index < -0.39 is 0 Å². The van der Waals surface area contributed by atoms with E-state index in [9.17, 15) is 4.79 Å². The first-order valence-electron chi connectivity index (χ1n) is 12.1. The molecule has 2 heterocycles. The first kappa shape index (κ1) is 21.6. The van der Waals surface area contributed by atoms with Crippen LogP contribution in [0.5, 0.6) is 0 Å². The molecule has 2 unspecified atom stereocenters. The van der Waals surface area contributed by atoms with Crippen LogP contribution in [0, 0.1) is 41.4 Å². The topological polar surface area (TPSA) is 56.8 Å². The molecule has 2 aliphatic heterocycles. The number of hydrogen-bond donors (Lipinski definition) is 1. The number of carbonyl (C=O) groups excluding carboxylic acids is 1. The lowest BCUT2D eigenvalue weighted by atomic mass is 9.61. The SMILES string of the molecule is CNC(=O)C1CCC(CO[C@H]2O[C@@H]3OC(C)CC[C@@H]4C3[C@@H](CC[C@H]4C)[C@H]2C)CC1. The summed E-state index contributed by atoms with van der Waals surface area (Å²) in [6.45, 7) is 7.69. The van der Waals surface area contributed by atoms with Crippen LogP contribution in [0.1, 0.15) is 72.1 Å². The largest absolute Gasteiger partial charge is 0.359 e. The van der Waals surface area contributed by atoms with E-state index in [0.717, 1.165) is 50.5 Å². The molecule has 0 aromatic heterocycles. The molecule has 4 fully saturated rings. The van der Waals surface area contributed by atoms with Gasteiger partial charge in [-0.25, -0.2) is 0 Å². The summed E-state index contributed by atoms with van der Waals surface area (Å²) >= 11 is 0. The lowest BCUT2D eigenvalue weighted by Gasteiger charge is -2.52. The van der Waals surface area contributed by atoms with Crippen molar-refractivity contribution in [3.05, 3.63) is 0 Å². The molecule has 5 nitrogen and oxygen atoms in total. The number of ether oxygens (including phenoxy) is 3. The summed E-state index contributed by atoms with van der Waals surface area (Å²) in [4.78, 5) is 11.9. The van der Waals surface area contributed by atoms with Crippen LogP contribution in [0.25, 0.3) is 0 Å². The van der Waals surface area contributed by atoms with Crippen LogP contribution in [0.3, 0.4) is 0 Å². The Bertz CT molecular complexity index is 561. The summed E-state index contributed by atoms with van der Waals surface area (Å²) < 4.78 is 19.3. The molecule has 0 bridgehead atoms. The van der Waals surface area contributed by atoms with E-state index in [0.29, 0.717) is 23.7 Å². The predicted octanol–water partition coefficient (Wildman–Crippen LogP) is 4.35. The van der Waals surface area contributed by atoms with Gasteiger partial charge in [-0.1, -0.05) is 20.3 Å². The van der Waals surface area contributed by atoms with Gasteiger partial charge in [0.05, 0.1) is 12.7 Å². The van der Waals surface area contributed by atoms with Gasteiger partial charge in [0, 0.05) is 24.8 Å². The van der Waals surface area contributed by atoms with Crippen LogP contribution in [0.4, 0.5) is 0 Å². The molecule has 29 heavy (non-hydrogen) atoms. The minimum Gasteiger partial charge on any atom is -0.359 e. The van der Waals surface area contributed by atoms with E-state index in [1.807, 2.05) is 0 Å². The quantitative estimate of drug-likeness (QED) is 0.753. The third-order valence-corrected chi connectivity index (χ3v) is 8.60. The zero-order valence-electron chi connectivity index (χ0n) is 18.8. The number of carbonyl (C=O) groups is 1. The molecule has 2 saturated heterocycles. The van der Waals surface area contributed by atoms with E-state index in [1.165, 1.54) is 19.3 Å². The third kappa shape index (κ3) is 4.52. The highest BCUT2D eigenvalue weighted by Crippen LogP contribution is 2.52. The lowest BCUT2D eigenvalue weighted by Crippen LogP contribution is -2.53. The molecule has 0 aromatic carbocycles. The lowest BCUT2D eigenvalue weighted by molar-refractivity contribution is -0.335. The van der Waals surface area contributed by atoms with Crippen molar-refractivity contribution in [3.63, 3.8) is 0 Å². The van der Waals surface area contributed by atoms with Gasteiger partial charge in [-0.05, 0) is 75.5 Å². The second kappa shape index (κ2) is 9.23. The highest BCUT2D eigenvalue weighted by molar-refractivity contribution is 5.78. The second-order valence-electron chi connectivity index (χ2n) is 10.4. The van der Waals surface area contributed by atoms with Crippen molar-refractivity contribution in [1.29, 1.82) is 0 Å². The van der Waals surface area contributed by atoms with Gasteiger partial charge >= 0.3 is 0 Å². The standard InChI is InChI=1S/C24H41NO4/c1-14-5-11-20-16(3)23(29-24-21(20)19(14)12-6-15(2)28-24)27-13-17-7-9-18(10-8-17)22(26)25-4/h14-21,23-24H,5-13H2,1-4H3,(H,25,26)/t14-,15?,16-,17?,18?,19+,20+,21?,23+,24+/m1/s1. The molecule has 4 rings (SSSR count). The fraction of sp³-hybridized carbons (Fsp3) is 0.958. The predicted molar refractivity (Wildman–Crippen MR) is 112 cm³/mol. The Morgan fingerprint density at radius 2 is 1.66 bits per heavy atom. The second-order valence-corrected chi connectivity index (χ2v) is 10.4. The van der Waals surface area contributed by atoms with Gasteiger partial charge in [0.1, 0.15) is 0 Å². The molecule has 4 aliphatic rings.